The molecule has 2 aliphatic rings. The van der Waals surface area contributed by atoms with Gasteiger partial charge in [-0.15, -0.1) is 0 Å². The van der Waals surface area contributed by atoms with Gasteiger partial charge in [0.05, 0.1) is 0 Å². The summed E-state index contributed by atoms with van der Waals surface area (Å²) in [5, 5.41) is 9.05. The number of phenolic OH excluding ortho intramolecular Hbond substituents is 1. The van der Waals surface area contributed by atoms with Crippen LogP contribution in [0, 0.1) is 20.8 Å². The van der Waals surface area contributed by atoms with Crippen molar-refractivity contribution in [2.24, 2.45) is 4.99 Å². The first-order valence-electron chi connectivity index (χ1n) is 10.4. The van der Waals surface area contributed by atoms with Gasteiger partial charge in [0.15, 0.2) is 15.6 Å². The Morgan fingerprint density at radius 1 is 1.03 bits per heavy atom. The lowest BCUT2D eigenvalue weighted by atomic mass is 9.73. The van der Waals surface area contributed by atoms with Crippen molar-refractivity contribution in [1.29, 1.82) is 0 Å². The van der Waals surface area contributed by atoms with Gasteiger partial charge in [-0.2, -0.15) is 0 Å². The zero-order valence-corrected chi connectivity index (χ0v) is 19.0. The Hall–Kier alpha value is -2.73. The maximum atomic E-state index is 13.5. The standard InChI is InChI=1S/C25H27NO4S/c1-14-8-15(2)23(16(3)9-14)18-11-20-25(21(28)12-18)24(17-6-5-7-19(27)10-17)22(13-26-20)31(4,29)30/h5-10,13,18,22,24,27H,11-12H2,1-4H3. The summed E-state index contributed by atoms with van der Waals surface area (Å²) in [4.78, 5) is 17.9. The Morgan fingerprint density at radius 3 is 2.32 bits per heavy atom. The monoisotopic (exact) mass is 437 g/mol. The van der Waals surface area contributed by atoms with E-state index in [1.54, 1.807) is 18.2 Å². The molecule has 1 N–H and O–H groups in total. The minimum atomic E-state index is -3.51. The molecule has 3 atom stereocenters. The molecule has 0 radical (unpaired) electrons. The SMILES string of the molecule is Cc1cc(C)c(C2CC(=O)C3=C(C2)N=CC(S(C)(=O)=O)C3c2cccc(O)c2)c(C)c1. The number of sulfone groups is 1. The van der Waals surface area contributed by atoms with Crippen molar-refractivity contribution in [2.45, 2.75) is 50.7 Å². The van der Waals surface area contributed by atoms with Crippen LogP contribution in [0.4, 0.5) is 0 Å². The molecule has 31 heavy (non-hydrogen) atoms. The molecule has 0 fully saturated rings. The Bertz CT molecular complexity index is 1220. The summed E-state index contributed by atoms with van der Waals surface area (Å²) in [6.45, 7) is 6.21. The molecule has 0 spiro atoms. The maximum absolute atomic E-state index is 13.5. The zero-order valence-electron chi connectivity index (χ0n) is 18.2. The van der Waals surface area contributed by atoms with Crippen molar-refractivity contribution in [3.63, 3.8) is 0 Å². The number of hydrogen-bond acceptors (Lipinski definition) is 5. The van der Waals surface area contributed by atoms with Crippen LogP contribution in [0.1, 0.15) is 52.5 Å². The van der Waals surface area contributed by atoms with Crippen LogP contribution < -0.4 is 0 Å². The summed E-state index contributed by atoms with van der Waals surface area (Å²) in [7, 11) is -3.51. The normalized spacial score (nSPS) is 23.7. The van der Waals surface area contributed by atoms with Crippen LogP contribution in [0.25, 0.3) is 0 Å². The number of ketones is 1. The van der Waals surface area contributed by atoms with Crippen LogP contribution >= 0.6 is 0 Å². The maximum Gasteiger partial charge on any atom is 0.161 e. The number of rotatable bonds is 3. The number of phenols is 1. The minimum Gasteiger partial charge on any atom is -0.508 e. The zero-order chi connectivity index (χ0) is 22.5. The lowest BCUT2D eigenvalue weighted by Crippen LogP contribution is -2.37. The van der Waals surface area contributed by atoms with Gasteiger partial charge in [-0.05, 0) is 67.5 Å². The van der Waals surface area contributed by atoms with Crippen LogP contribution in [0.3, 0.4) is 0 Å². The molecule has 0 bridgehead atoms. The predicted octanol–water partition coefficient (Wildman–Crippen LogP) is 4.30. The molecule has 1 heterocycles. The summed E-state index contributed by atoms with van der Waals surface area (Å²) in [6.07, 6.45) is 3.55. The number of carbonyl (C=O) groups excluding carboxylic acids is 1. The average Bonchev–Trinajstić information content (AvgIpc) is 2.65. The van der Waals surface area contributed by atoms with E-state index in [0.29, 0.717) is 29.7 Å². The van der Waals surface area contributed by atoms with Gasteiger partial charge < -0.3 is 5.11 Å². The highest BCUT2D eigenvalue weighted by Gasteiger charge is 2.43. The third-order valence-corrected chi connectivity index (χ3v) is 7.75. The quantitative estimate of drug-likeness (QED) is 0.776. The first-order chi connectivity index (χ1) is 14.6. The van der Waals surface area contributed by atoms with Crippen molar-refractivity contribution in [3.8, 4) is 5.75 Å². The average molecular weight is 438 g/mol. The number of allylic oxidation sites excluding steroid dienone is 2. The number of aliphatic imine (C=N–C) groups is 1. The molecular weight excluding hydrogens is 410 g/mol. The van der Waals surface area contributed by atoms with Crippen molar-refractivity contribution >= 4 is 21.8 Å². The Balaban J connectivity index is 1.82. The highest BCUT2D eigenvalue weighted by atomic mass is 32.2. The van der Waals surface area contributed by atoms with Crippen molar-refractivity contribution in [2.75, 3.05) is 6.26 Å². The van der Waals surface area contributed by atoms with Crippen molar-refractivity contribution in [3.05, 3.63) is 75.5 Å². The third kappa shape index (κ3) is 3.97. The Kier molecular flexibility index (Phi) is 5.38. The number of aromatic hydroxyl groups is 1. The second-order valence-electron chi connectivity index (χ2n) is 8.85. The lowest BCUT2D eigenvalue weighted by molar-refractivity contribution is -0.116. The van der Waals surface area contributed by atoms with Crippen molar-refractivity contribution in [1.82, 2.24) is 0 Å². The van der Waals surface area contributed by atoms with E-state index in [4.69, 9.17) is 0 Å². The molecule has 4 rings (SSSR count). The fraction of sp³-hybridized carbons (Fsp3) is 0.360. The van der Waals surface area contributed by atoms with Crippen LogP contribution in [-0.2, 0) is 14.6 Å². The molecular formula is C25H27NO4S. The molecule has 0 aromatic heterocycles. The summed E-state index contributed by atoms with van der Waals surface area (Å²) in [5.41, 5.74) is 6.45. The smallest absolute Gasteiger partial charge is 0.161 e. The van der Waals surface area contributed by atoms with Gasteiger partial charge in [0.25, 0.3) is 0 Å². The van der Waals surface area contributed by atoms with E-state index in [9.17, 15) is 18.3 Å². The van der Waals surface area contributed by atoms with Gasteiger partial charge in [0, 0.05) is 36.1 Å². The van der Waals surface area contributed by atoms with Crippen LogP contribution in [-0.4, -0.2) is 37.0 Å². The molecule has 5 nitrogen and oxygen atoms in total. The van der Waals surface area contributed by atoms with Crippen molar-refractivity contribution < 1.29 is 18.3 Å². The highest BCUT2D eigenvalue weighted by molar-refractivity contribution is 7.92. The molecule has 3 unspecified atom stereocenters. The van der Waals surface area contributed by atoms with E-state index in [1.807, 2.05) is 0 Å². The first kappa shape index (κ1) is 21.5. The molecule has 2 aromatic carbocycles. The summed E-state index contributed by atoms with van der Waals surface area (Å²) in [6, 6.07) is 10.8. The molecule has 1 aliphatic heterocycles. The van der Waals surface area contributed by atoms with Crippen LogP contribution in [0.2, 0.25) is 0 Å². The van der Waals surface area contributed by atoms with E-state index in [0.717, 1.165) is 11.1 Å². The van der Waals surface area contributed by atoms with Gasteiger partial charge in [0.2, 0.25) is 0 Å². The van der Waals surface area contributed by atoms with Gasteiger partial charge in [-0.1, -0.05) is 29.8 Å². The third-order valence-electron chi connectivity index (χ3n) is 6.37. The second-order valence-corrected chi connectivity index (χ2v) is 11.0. The number of carbonyl (C=O) groups is 1. The summed E-state index contributed by atoms with van der Waals surface area (Å²) < 4.78 is 25.1. The van der Waals surface area contributed by atoms with E-state index in [1.165, 1.54) is 29.7 Å². The topological polar surface area (TPSA) is 83.8 Å². The largest absolute Gasteiger partial charge is 0.508 e. The summed E-state index contributed by atoms with van der Waals surface area (Å²) in [5.74, 6) is -0.669. The number of benzene rings is 2. The molecule has 162 valence electrons. The van der Waals surface area contributed by atoms with Gasteiger partial charge in [0.1, 0.15) is 11.0 Å². The van der Waals surface area contributed by atoms with E-state index < -0.39 is 21.0 Å². The highest BCUT2D eigenvalue weighted by Crippen LogP contribution is 2.46. The molecule has 2 aromatic rings. The van der Waals surface area contributed by atoms with E-state index in [-0.39, 0.29) is 17.5 Å². The van der Waals surface area contributed by atoms with E-state index >= 15 is 0 Å². The summed E-state index contributed by atoms with van der Waals surface area (Å²) >= 11 is 0. The number of Topliss-reactive ketones (excluding diaryl/α,β-unsaturated/α-hetero) is 1. The van der Waals surface area contributed by atoms with Crippen LogP contribution in [0.5, 0.6) is 5.75 Å². The van der Waals surface area contributed by atoms with E-state index in [2.05, 4.69) is 37.9 Å². The fourth-order valence-corrected chi connectivity index (χ4v) is 6.34. The first-order valence-corrected chi connectivity index (χ1v) is 12.4. The molecule has 1 aliphatic carbocycles. The second kappa shape index (κ2) is 7.75. The number of hydrogen-bond donors (Lipinski definition) is 1. The Labute approximate surface area is 183 Å². The lowest BCUT2D eigenvalue weighted by Gasteiger charge is -2.35. The molecule has 6 heteroatoms. The predicted molar refractivity (Wildman–Crippen MR) is 123 cm³/mol. The minimum absolute atomic E-state index is 0.0172. The fourth-order valence-electron chi connectivity index (χ4n) is 5.27. The number of nitrogens with zero attached hydrogens (tertiary/aromatic N) is 1. The van der Waals surface area contributed by atoms with Gasteiger partial charge >= 0.3 is 0 Å². The van der Waals surface area contributed by atoms with Gasteiger partial charge in [-0.25, -0.2) is 8.42 Å². The molecule has 0 saturated carbocycles. The van der Waals surface area contributed by atoms with Crippen LogP contribution in [0.15, 0.2) is 52.7 Å². The molecule has 0 amide bonds. The molecule has 0 saturated heterocycles. The Morgan fingerprint density at radius 2 is 1.71 bits per heavy atom. The van der Waals surface area contributed by atoms with Gasteiger partial charge in [-0.3, -0.25) is 9.79 Å². The number of aryl methyl sites for hydroxylation is 3.